The van der Waals surface area contributed by atoms with Gasteiger partial charge in [-0.25, -0.2) is 14.4 Å². The molecule has 7 heteroatoms. The number of hydrogen-bond donors (Lipinski definition) is 0. The molecule has 150 valence electrons. The highest BCUT2D eigenvalue weighted by atomic mass is 19.2. The van der Waals surface area contributed by atoms with Gasteiger partial charge in [-0.15, -0.1) is 0 Å². The number of benzene rings is 1. The Hall–Kier alpha value is -3.09. The Balaban J connectivity index is 1.73. The van der Waals surface area contributed by atoms with Gasteiger partial charge in [0.1, 0.15) is 5.69 Å². The molecule has 0 spiro atoms. The Morgan fingerprint density at radius 2 is 2.07 bits per heavy atom. The first-order valence-electron chi connectivity index (χ1n) is 9.69. The summed E-state index contributed by atoms with van der Waals surface area (Å²) in [5, 5.41) is 0. The second kappa shape index (κ2) is 8.11. The van der Waals surface area contributed by atoms with E-state index in [-0.39, 0.29) is 11.8 Å². The summed E-state index contributed by atoms with van der Waals surface area (Å²) in [5.41, 5.74) is 3.32. The molecule has 29 heavy (non-hydrogen) atoms. The van der Waals surface area contributed by atoms with Gasteiger partial charge in [0.15, 0.2) is 17.4 Å². The van der Waals surface area contributed by atoms with Crippen LogP contribution < -0.4 is 9.64 Å². The van der Waals surface area contributed by atoms with Crippen LogP contribution in [0.2, 0.25) is 0 Å². The number of fused-ring (bicyclic) bond motifs is 1. The first-order chi connectivity index (χ1) is 14.1. The highest BCUT2D eigenvalue weighted by molar-refractivity contribution is 5.56. The minimum atomic E-state index is -0.968. The van der Waals surface area contributed by atoms with Gasteiger partial charge in [0.25, 0.3) is 0 Å². The van der Waals surface area contributed by atoms with Crippen LogP contribution in [0.5, 0.6) is 5.75 Å². The molecule has 0 saturated heterocycles. The molecule has 0 amide bonds. The van der Waals surface area contributed by atoms with Gasteiger partial charge in [0.05, 0.1) is 18.8 Å². The molecule has 1 atom stereocenters. The number of hydrogen-bond acceptors (Lipinski definition) is 5. The van der Waals surface area contributed by atoms with Crippen LogP contribution in [0.4, 0.5) is 14.5 Å². The third kappa shape index (κ3) is 3.64. The minimum Gasteiger partial charge on any atom is -0.493 e. The van der Waals surface area contributed by atoms with E-state index >= 15 is 0 Å². The fraction of sp³-hybridized carbons (Fsp3) is 0.318. The molecule has 1 aliphatic rings. The van der Waals surface area contributed by atoms with Gasteiger partial charge in [-0.05, 0) is 18.6 Å². The van der Waals surface area contributed by atoms with Crippen molar-refractivity contribution >= 4 is 5.69 Å². The summed E-state index contributed by atoms with van der Waals surface area (Å²) in [6, 6.07) is 8.41. The molecule has 5 nitrogen and oxygen atoms in total. The molecular weight excluding hydrogens is 374 g/mol. The number of rotatable bonds is 5. The molecule has 3 aromatic rings. The summed E-state index contributed by atoms with van der Waals surface area (Å²) in [6.07, 6.45) is 6.02. The molecule has 0 saturated carbocycles. The lowest BCUT2D eigenvalue weighted by molar-refractivity contribution is 0.371. The standard InChI is InChI=1S/C22H22F2N4O/c1-3-6-19-15-13-26-22(18-7-4-5-9-25-18)27-17(15)8-10-28(19)14-11-16(23)21(24)20(12-14)29-2/h4-5,7,9,11-13,19H,3,6,8,10H2,1-2H3/t19-/m1/s1. The summed E-state index contributed by atoms with van der Waals surface area (Å²) in [7, 11) is 1.34. The average Bonchev–Trinajstić information content (AvgIpc) is 2.76. The van der Waals surface area contributed by atoms with Gasteiger partial charge >= 0.3 is 0 Å². The first-order valence-corrected chi connectivity index (χ1v) is 9.69. The van der Waals surface area contributed by atoms with Crippen molar-refractivity contribution in [2.75, 3.05) is 18.6 Å². The van der Waals surface area contributed by atoms with Crippen LogP contribution in [0.15, 0.2) is 42.7 Å². The SMILES string of the molecule is CCC[C@@H]1c2cnc(-c3ccccn3)nc2CCN1c1cc(F)c(F)c(OC)c1. The van der Waals surface area contributed by atoms with Crippen LogP contribution in [0.3, 0.4) is 0 Å². The summed E-state index contributed by atoms with van der Waals surface area (Å²) in [6.45, 7) is 2.74. The van der Waals surface area contributed by atoms with E-state index in [2.05, 4.69) is 21.8 Å². The largest absolute Gasteiger partial charge is 0.493 e. The molecule has 0 N–H and O–H groups in total. The number of nitrogens with zero attached hydrogens (tertiary/aromatic N) is 4. The molecule has 1 aromatic carbocycles. The van der Waals surface area contributed by atoms with E-state index in [1.807, 2.05) is 24.4 Å². The lowest BCUT2D eigenvalue weighted by Crippen LogP contribution is -2.36. The summed E-state index contributed by atoms with van der Waals surface area (Å²) >= 11 is 0. The zero-order valence-corrected chi connectivity index (χ0v) is 16.4. The van der Waals surface area contributed by atoms with Crippen molar-refractivity contribution in [1.82, 2.24) is 15.0 Å². The van der Waals surface area contributed by atoms with Gasteiger partial charge in [-0.3, -0.25) is 4.98 Å². The molecule has 3 heterocycles. The normalized spacial score (nSPS) is 15.9. The van der Waals surface area contributed by atoms with Crippen LogP contribution in [0.25, 0.3) is 11.5 Å². The molecule has 0 radical (unpaired) electrons. The third-order valence-electron chi connectivity index (χ3n) is 5.21. The maximum absolute atomic E-state index is 14.1. The predicted molar refractivity (Wildman–Crippen MR) is 107 cm³/mol. The molecular formula is C22H22F2N4O. The molecule has 0 fully saturated rings. The van der Waals surface area contributed by atoms with Crippen LogP contribution in [0, 0.1) is 11.6 Å². The second-order valence-corrected chi connectivity index (χ2v) is 7.00. The Bertz CT molecular complexity index is 1010. The van der Waals surface area contributed by atoms with Crippen molar-refractivity contribution in [2.24, 2.45) is 0 Å². The topological polar surface area (TPSA) is 51.1 Å². The molecule has 0 bridgehead atoms. The van der Waals surface area contributed by atoms with Crippen molar-refractivity contribution in [2.45, 2.75) is 32.2 Å². The van der Waals surface area contributed by atoms with Gasteiger partial charge in [0.2, 0.25) is 5.82 Å². The Kier molecular flexibility index (Phi) is 5.38. The maximum Gasteiger partial charge on any atom is 0.200 e. The number of aromatic nitrogens is 3. The first kappa shape index (κ1) is 19.2. The van der Waals surface area contributed by atoms with Gasteiger partial charge in [-0.1, -0.05) is 19.4 Å². The summed E-state index contributed by atoms with van der Waals surface area (Å²) in [4.78, 5) is 15.7. The Morgan fingerprint density at radius 3 is 2.79 bits per heavy atom. The molecule has 0 unspecified atom stereocenters. The van der Waals surface area contributed by atoms with Gasteiger partial charge in [0, 0.05) is 48.7 Å². The summed E-state index contributed by atoms with van der Waals surface area (Å²) < 4.78 is 33.0. The van der Waals surface area contributed by atoms with Gasteiger partial charge in [-0.2, -0.15) is 4.39 Å². The van der Waals surface area contributed by atoms with Crippen LogP contribution in [0.1, 0.15) is 37.1 Å². The molecule has 2 aromatic heterocycles. The van der Waals surface area contributed by atoms with Crippen molar-refractivity contribution < 1.29 is 13.5 Å². The fourth-order valence-electron chi connectivity index (χ4n) is 3.83. The predicted octanol–water partition coefficient (Wildman–Crippen LogP) is 4.73. The number of methoxy groups -OCH3 is 1. The smallest absolute Gasteiger partial charge is 0.200 e. The van der Waals surface area contributed by atoms with E-state index in [9.17, 15) is 8.78 Å². The van der Waals surface area contributed by atoms with Crippen molar-refractivity contribution in [3.63, 3.8) is 0 Å². The van der Waals surface area contributed by atoms with E-state index in [4.69, 9.17) is 9.72 Å². The summed E-state index contributed by atoms with van der Waals surface area (Å²) in [5.74, 6) is -1.38. The zero-order chi connectivity index (χ0) is 20.4. The lowest BCUT2D eigenvalue weighted by atomic mass is 9.94. The van der Waals surface area contributed by atoms with Crippen molar-refractivity contribution in [3.8, 4) is 17.3 Å². The van der Waals surface area contributed by atoms with E-state index in [1.165, 1.54) is 13.2 Å². The highest BCUT2D eigenvalue weighted by Crippen LogP contribution is 2.38. The van der Waals surface area contributed by atoms with Gasteiger partial charge < -0.3 is 9.64 Å². The lowest BCUT2D eigenvalue weighted by Gasteiger charge is -2.38. The molecule has 4 rings (SSSR count). The van der Waals surface area contributed by atoms with Crippen LogP contribution in [-0.4, -0.2) is 28.6 Å². The highest BCUT2D eigenvalue weighted by Gasteiger charge is 2.30. The monoisotopic (exact) mass is 396 g/mol. The second-order valence-electron chi connectivity index (χ2n) is 7.00. The molecule has 0 aliphatic carbocycles. The van der Waals surface area contributed by atoms with Crippen LogP contribution in [-0.2, 0) is 6.42 Å². The van der Waals surface area contributed by atoms with Crippen molar-refractivity contribution in [3.05, 3.63) is 65.6 Å². The Labute approximate surface area is 168 Å². The fourth-order valence-corrected chi connectivity index (χ4v) is 3.83. The quantitative estimate of drug-likeness (QED) is 0.624. The average molecular weight is 396 g/mol. The van der Waals surface area contributed by atoms with E-state index in [0.29, 0.717) is 24.5 Å². The number of halogens is 2. The third-order valence-corrected chi connectivity index (χ3v) is 5.21. The minimum absolute atomic E-state index is 0.0175. The Morgan fingerprint density at radius 1 is 1.21 bits per heavy atom. The number of ether oxygens (including phenoxy) is 1. The van der Waals surface area contributed by atoms with E-state index in [0.717, 1.165) is 29.8 Å². The van der Waals surface area contributed by atoms with Crippen molar-refractivity contribution in [1.29, 1.82) is 0 Å². The van der Waals surface area contributed by atoms with E-state index < -0.39 is 11.6 Å². The van der Waals surface area contributed by atoms with E-state index in [1.54, 1.807) is 12.3 Å². The number of pyridine rings is 1. The molecule has 1 aliphatic heterocycles. The number of anilines is 1. The maximum atomic E-state index is 14.1. The zero-order valence-electron chi connectivity index (χ0n) is 16.4. The van der Waals surface area contributed by atoms with Crippen LogP contribution >= 0.6 is 0 Å².